The fraction of sp³-hybridized carbons (Fsp3) is 0.167. The highest BCUT2D eigenvalue weighted by atomic mass is 35.5. The maximum absolute atomic E-state index is 13.4. The Kier molecular flexibility index (Phi) is 9.11. The summed E-state index contributed by atoms with van der Waals surface area (Å²) in [5, 5.41) is 7.53. The predicted octanol–water partition coefficient (Wildman–Crippen LogP) is 6.17. The number of benzene rings is 3. The van der Waals surface area contributed by atoms with E-state index in [0.717, 1.165) is 16.5 Å². The third-order valence-electron chi connectivity index (χ3n) is 6.24. The number of fused-ring (bicyclic) bond motifs is 1. The van der Waals surface area contributed by atoms with Gasteiger partial charge >= 0.3 is 0 Å². The van der Waals surface area contributed by atoms with Crippen LogP contribution in [0.3, 0.4) is 0 Å². The molecule has 2 N–H and O–H groups in total. The van der Waals surface area contributed by atoms with E-state index >= 15 is 0 Å². The number of sulfone groups is 1. The molecule has 0 aliphatic carbocycles. The van der Waals surface area contributed by atoms with Gasteiger partial charge in [-0.2, -0.15) is 0 Å². The molecule has 12 heteroatoms. The van der Waals surface area contributed by atoms with Crippen LogP contribution in [0.5, 0.6) is 5.75 Å². The second-order valence-electron chi connectivity index (χ2n) is 9.39. The molecule has 0 saturated heterocycles. The third kappa shape index (κ3) is 7.49. The van der Waals surface area contributed by atoms with E-state index in [1.54, 1.807) is 24.3 Å². The van der Waals surface area contributed by atoms with Crippen LogP contribution >= 0.6 is 11.6 Å². The fourth-order valence-corrected chi connectivity index (χ4v) is 5.30. The highest BCUT2D eigenvalue weighted by Gasteiger charge is 2.12. The number of nitrogens with zero attached hydrogens (tertiary/aromatic N) is 3. The molecule has 5 rings (SSSR count). The van der Waals surface area contributed by atoms with E-state index < -0.39 is 9.84 Å². The van der Waals surface area contributed by atoms with Crippen molar-refractivity contribution < 1.29 is 22.0 Å². The monoisotopic (exact) mass is 607 g/mol. The Morgan fingerprint density at radius 2 is 1.93 bits per heavy atom. The van der Waals surface area contributed by atoms with Crippen molar-refractivity contribution in [3.63, 3.8) is 0 Å². The molecule has 0 bridgehead atoms. The number of nitrogens with one attached hydrogen (secondary N) is 2. The molecule has 0 aliphatic rings. The number of ether oxygens (including phenoxy) is 1. The van der Waals surface area contributed by atoms with Gasteiger partial charge in [0.25, 0.3) is 0 Å². The van der Waals surface area contributed by atoms with Crippen LogP contribution in [-0.2, 0) is 23.0 Å². The molecule has 0 radical (unpaired) electrons. The molecule has 0 unspecified atom stereocenters. The van der Waals surface area contributed by atoms with Crippen molar-refractivity contribution in [2.45, 2.75) is 13.2 Å². The Balaban J connectivity index is 1.26. The molecule has 216 valence electrons. The number of hydrogen-bond donors (Lipinski definition) is 2. The minimum atomic E-state index is -3.26. The summed E-state index contributed by atoms with van der Waals surface area (Å²) in [4.78, 5) is 12.2. The molecule has 9 nitrogen and oxygen atoms in total. The molecular formula is C30H27ClFN5O4S. The smallest absolute Gasteiger partial charge is 0.171 e. The second kappa shape index (κ2) is 13.1. The number of furan rings is 1. The van der Waals surface area contributed by atoms with Crippen LogP contribution in [0.25, 0.3) is 22.2 Å². The molecule has 0 saturated carbocycles. The maximum atomic E-state index is 13.4. The lowest BCUT2D eigenvalue weighted by Gasteiger charge is -2.12. The molecule has 2 heterocycles. The summed E-state index contributed by atoms with van der Waals surface area (Å²) < 4.78 is 48.7. The lowest BCUT2D eigenvalue weighted by Crippen LogP contribution is -2.23. The van der Waals surface area contributed by atoms with Gasteiger partial charge in [0.2, 0.25) is 0 Å². The van der Waals surface area contributed by atoms with Gasteiger partial charge in [-0.15, -0.1) is 0 Å². The standard InChI is InChI=1S/C30H27ClFN5O4S/c1-33-19-42(38,39)12-11-34-16-24-7-10-28(41-24)21-5-8-27-25(14-21)30(36-18-35-27)37-23-6-9-29(26(31)15-23)40-17-20-3-2-4-22(32)13-20/h2-10,13-15,18,34H,1,11-12,16-17,19H2,(H,35,36,37). The number of aromatic nitrogens is 2. The summed E-state index contributed by atoms with van der Waals surface area (Å²) >= 11 is 6.47. The van der Waals surface area contributed by atoms with Crippen LogP contribution in [0.4, 0.5) is 15.9 Å². The van der Waals surface area contributed by atoms with Crippen molar-refractivity contribution in [1.82, 2.24) is 15.3 Å². The lowest BCUT2D eigenvalue weighted by atomic mass is 10.1. The van der Waals surface area contributed by atoms with Gasteiger partial charge in [-0.1, -0.05) is 23.7 Å². The molecule has 3 aromatic carbocycles. The Hall–Kier alpha value is -4.32. The van der Waals surface area contributed by atoms with E-state index in [2.05, 4.69) is 32.3 Å². The lowest BCUT2D eigenvalue weighted by molar-refractivity contribution is 0.306. The van der Waals surface area contributed by atoms with Crippen molar-refractivity contribution in [2.24, 2.45) is 4.99 Å². The average Bonchev–Trinajstić information content (AvgIpc) is 3.44. The normalized spacial score (nSPS) is 11.5. The van der Waals surface area contributed by atoms with Crippen LogP contribution in [0.2, 0.25) is 5.02 Å². The van der Waals surface area contributed by atoms with Gasteiger partial charge in [-0.3, -0.25) is 4.99 Å². The first-order valence-corrected chi connectivity index (χ1v) is 15.1. The number of rotatable bonds is 13. The Morgan fingerprint density at radius 3 is 2.74 bits per heavy atom. The molecule has 42 heavy (non-hydrogen) atoms. The average molecular weight is 608 g/mol. The van der Waals surface area contributed by atoms with E-state index in [-0.39, 0.29) is 30.6 Å². The predicted molar refractivity (Wildman–Crippen MR) is 163 cm³/mol. The van der Waals surface area contributed by atoms with E-state index in [9.17, 15) is 12.8 Å². The van der Waals surface area contributed by atoms with Gasteiger partial charge in [0.05, 0.1) is 22.8 Å². The fourth-order valence-electron chi connectivity index (χ4n) is 4.20. The Bertz CT molecular complexity index is 1830. The second-order valence-corrected chi connectivity index (χ2v) is 11.9. The minimum absolute atomic E-state index is 0.0318. The minimum Gasteiger partial charge on any atom is -0.487 e. The Labute approximate surface area is 247 Å². The molecule has 0 amide bonds. The summed E-state index contributed by atoms with van der Waals surface area (Å²) in [7, 11) is -3.26. The molecule has 0 spiro atoms. The van der Waals surface area contributed by atoms with Crippen LogP contribution in [-0.4, -0.2) is 43.3 Å². The quantitative estimate of drug-likeness (QED) is 0.121. The van der Waals surface area contributed by atoms with Gasteiger partial charge in [0, 0.05) is 23.2 Å². The third-order valence-corrected chi connectivity index (χ3v) is 7.93. The van der Waals surface area contributed by atoms with Gasteiger partial charge in [0.15, 0.2) is 9.84 Å². The van der Waals surface area contributed by atoms with E-state index in [1.807, 2.05) is 36.4 Å². The SMILES string of the molecule is C=NCS(=O)(=O)CCNCc1ccc(-c2ccc3ncnc(Nc4ccc(OCc5cccc(F)c5)c(Cl)c4)c3c2)o1. The maximum Gasteiger partial charge on any atom is 0.171 e. The van der Waals surface area contributed by atoms with Crippen LogP contribution in [0.1, 0.15) is 11.3 Å². The van der Waals surface area contributed by atoms with Gasteiger partial charge in [0.1, 0.15) is 47.7 Å². The summed E-state index contributed by atoms with van der Waals surface area (Å²) in [5.41, 5.74) is 2.95. The topological polar surface area (TPSA) is 119 Å². The largest absolute Gasteiger partial charge is 0.487 e. The van der Waals surface area contributed by atoms with Crippen molar-refractivity contribution in [2.75, 3.05) is 23.5 Å². The molecular weight excluding hydrogens is 581 g/mol. The van der Waals surface area contributed by atoms with E-state index in [1.165, 1.54) is 18.5 Å². The number of aliphatic imine (C=N–C) groups is 1. The Morgan fingerprint density at radius 1 is 1.05 bits per heavy atom. The zero-order valence-electron chi connectivity index (χ0n) is 22.4. The van der Waals surface area contributed by atoms with Crippen molar-refractivity contribution >= 4 is 50.6 Å². The van der Waals surface area contributed by atoms with Crippen LogP contribution in [0, 0.1) is 5.82 Å². The van der Waals surface area contributed by atoms with Crippen molar-refractivity contribution in [3.05, 3.63) is 101 Å². The van der Waals surface area contributed by atoms with Gasteiger partial charge in [-0.05, 0) is 72.9 Å². The molecule has 2 aromatic heterocycles. The summed E-state index contributed by atoms with van der Waals surface area (Å²) in [6.45, 7) is 4.07. The first kappa shape index (κ1) is 29.2. The van der Waals surface area contributed by atoms with Gasteiger partial charge < -0.3 is 19.8 Å². The van der Waals surface area contributed by atoms with E-state index in [4.69, 9.17) is 20.8 Å². The molecule has 0 aliphatic heterocycles. The van der Waals surface area contributed by atoms with Crippen molar-refractivity contribution in [1.29, 1.82) is 0 Å². The number of halogens is 2. The highest BCUT2D eigenvalue weighted by molar-refractivity contribution is 7.91. The molecule has 0 fully saturated rings. The van der Waals surface area contributed by atoms with Crippen LogP contribution in [0.15, 0.2) is 88.5 Å². The molecule has 5 aromatic rings. The van der Waals surface area contributed by atoms with Crippen LogP contribution < -0.4 is 15.4 Å². The zero-order chi connectivity index (χ0) is 29.5. The summed E-state index contributed by atoms with van der Waals surface area (Å²) in [5.74, 6) is 1.73. The van der Waals surface area contributed by atoms with E-state index in [0.29, 0.717) is 45.9 Å². The summed E-state index contributed by atoms with van der Waals surface area (Å²) in [6.07, 6.45) is 1.48. The van der Waals surface area contributed by atoms with Crippen molar-refractivity contribution in [3.8, 4) is 17.1 Å². The number of anilines is 2. The van der Waals surface area contributed by atoms with Gasteiger partial charge in [-0.25, -0.2) is 22.8 Å². The number of hydrogen-bond acceptors (Lipinski definition) is 9. The summed E-state index contributed by atoms with van der Waals surface area (Å²) in [6, 6.07) is 20.9. The first-order chi connectivity index (χ1) is 20.3. The molecule has 0 atom stereocenters. The zero-order valence-corrected chi connectivity index (χ0v) is 24.0. The highest BCUT2D eigenvalue weighted by Crippen LogP contribution is 2.32. The first-order valence-electron chi connectivity index (χ1n) is 12.9.